The molecular weight excluding hydrogens is 438 g/mol. The number of fused-ring (bicyclic) bond motifs is 1. The molecule has 0 fully saturated rings. The number of allylic oxidation sites excluding steroid dienone is 1. The Hall–Kier alpha value is -3.10. The van der Waals surface area contributed by atoms with Crippen molar-refractivity contribution >= 4 is 5.91 Å². The largest absolute Gasteiger partial charge is 0.400 e. The molecule has 0 bridgehead atoms. The summed E-state index contributed by atoms with van der Waals surface area (Å²) in [6, 6.07) is 8.21. The Kier molecular flexibility index (Phi) is 11.0. The minimum atomic E-state index is -0.192. The van der Waals surface area contributed by atoms with Crippen molar-refractivity contribution in [2.45, 2.75) is 67.1 Å². The van der Waals surface area contributed by atoms with Crippen LogP contribution in [0.1, 0.15) is 57.6 Å². The van der Waals surface area contributed by atoms with Crippen LogP contribution in [-0.2, 0) is 24.4 Å². The van der Waals surface area contributed by atoms with Crippen LogP contribution in [0, 0.1) is 6.92 Å². The van der Waals surface area contributed by atoms with E-state index in [1.54, 1.807) is 4.90 Å². The standard InChI is InChI=1S/C25H37N7O.C2H6/c1-5-21(27)24(31(4)16-17(2)10-11-26)25(33)29-14-19-6-8-20(9-7-19)23-18(3)32-13-12-28-15-22(32)30-23;1-2/h6-9,16,28H,5,10-15,26-27H2,1-4H3,(H,29,33);1-2H3/b17-16-,24-21-;. The molecule has 192 valence electrons. The summed E-state index contributed by atoms with van der Waals surface area (Å²) >= 11 is 0. The monoisotopic (exact) mass is 481 g/mol. The van der Waals surface area contributed by atoms with E-state index in [1.807, 2.05) is 53.1 Å². The van der Waals surface area contributed by atoms with Crippen molar-refractivity contribution in [3.8, 4) is 11.3 Å². The molecule has 6 N–H and O–H groups in total. The van der Waals surface area contributed by atoms with Gasteiger partial charge in [-0.25, -0.2) is 4.98 Å². The van der Waals surface area contributed by atoms with Gasteiger partial charge in [0.1, 0.15) is 11.5 Å². The number of likely N-dealkylation sites (N-methyl/N-ethyl adjacent to an activating group) is 1. The molecule has 3 rings (SSSR count). The highest BCUT2D eigenvalue weighted by atomic mass is 16.2. The summed E-state index contributed by atoms with van der Waals surface area (Å²) in [7, 11) is 1.84. The normalized spacial score (nSPS) is 13.9. The second-order valence-electron chi connectivity index (χ2n) is 8.52. The van der Waals surface area contributed by atoms with Crippen molar-refractivity contribution in [2.24, 2.45) is 11.5 Å². The number of rotatable bonds is 9. The predicted molar refractivity (Wildman–Crippen MR) is 144 cm³/mol. The maximum Gasteiger partial charge on any atom is 0.269 e. The molecule has 0 saturated carbocycles. The van der Waals surface area contributed by atoms with E-state index in [0.29, 0.717) is 30.9 Å². The van der Waals surface area contributed by atoms with Crippen LogP contribution in [0.2, 0.25) is 0 Å². The Morgan fingerprint density at radius 3 is 2.57 bits per heavy atom. The Balaban J connectivity index is 0.00000210. The Labute approximate surface area is 210 Å². The Bertz CT molecular complexity index is 1030. The van der Waals surface area contributed by atoms with Crippen LogP contribution in [0.4, 0.5) is 0 Å². The van der Waals surface area contributed by atoms with Gasteiger partial charge in [0.05, 0.1) is 12.2 Å². The molecule has 0 atom stereocenters. The van der Waals surface area contributed by atoms with Crippen LogP contribution in [0.3, 0.4) is 0 Å². The number of amides is 1. The number of nitrogens with two attached hydrogens (primary N) is 2. The molecule has 1 aliphatic rings. The number of carbonyl (C=O) groups is 1. The zero-order chi connectivity index (χ0) is 26.0. The minimum Gasteiger partial charge on any atom is -0.400 e. The van der Waals surface area contributed by atoms with E-state index >= 15 is 0 Å². The molecule has 1 aromatic carbocycles. The first-order chi connectivity index (χ1) is 16.8. The molecule has 0 radical (unpaired) electrons. The molecule has 0 aliphatic carbocycles. The second-order valence-corrected chi connectivity index (χ2v) is 8.52. The molecule has 1 aliphatic heterocycles. The number of aromatic nitrogens is 2. The number of nitrogens with one attached hydrogen (secondary N) is 2. The SMILES string of the molecule is CC.CC/C(N)=C(\C(=O)NCc1ccc(-c2nc3n(c2C)CCNC3)cc1)N(C)/C=C(/C)CCN. The molecule has 8 nitrogen and oxygen atoms in total. The summed E-state index contributed by atoms with van der Waals surface area (Å²) < 4.78 is 2.28. The topological polar surface area (TPSA) is 114 Å². The van der Waals surface area contributed by atoms with Gasteiger partial charge in [0.25, 0.3) is 5.91 Å². The van der Waals surface area contributed by atoms with Gasteiger partial charge in [0, 0.05) is 49.8 Å². The van der Waals surface area contributed by atoms with Gasteiger partial charge in [-0.3, -0.25) is 4.79 Å². The van der Waals surface area contributed by atoms with E-state index in [2.05, 4.69) is 34.3 Å². The molecular formula is C27H43N7O. The summed E-state index contributed by atoms with van der Waals surface area (Å²) in [4.78, 5) is 19.6. The lowest BCUT2D eigenvalue weighted by molar-refractivity contribution is -0.118. The highest BCUT2D eigenvalue weighted by molar-refractivity contribution is 5.93. The molecule has 0 saturated heterocycles. The van der Waals surface area contributed by atoms with Crippen LogP contribution < -0.4 is 22.1 Å². The van der Waals surface area contributed by atoms with Crippen LogP contribution in [0.5, 0.6) is 0 Å². The Morgan fingerprint density at radius 2 is 1.97 bits per heavy atom. The minimum absolute atomic E-state index is 0.192. The fourth-order valence-corrected chi connectivity index (χ4v) is 4.12. The third kappa shape index (κ3) is 7.19. The van der Waals surface area contributed by atoms with E-state index in [-0.39, 0.29) is 5.91 Å². The molecule has 2 heterocycles. The maximum atomic E-state index is 13.0. The second kappa shape index (κ2) is 13.7. The van der Waals surface area contributed by atoms with E-state index in [0.717, 1.165) is 54.3 Å². The quantitative estimate of drug-likeness (QED) is 0.408. The first-order valence-electron chi connectivity index (χ1n) is 12.6. The smallest absolute Gasteiger partial charge is 0.269 e. The van der Waals surface area contributed by atoms with Gasteiger partial charge < -0.3 is 31.6 Å². The average Bonchev–Trinajstić information content (AvgIpc) is 3.21. The summed E-state index contributed by atoms with van der Waals surface area (Å²) in [5, 5.41) is 6.38. The lowest BCUT2D eigenvalue weighted by Gasteiger charge is -2.21. The maximum absolute atomic E-state index is 13.0. The van der Waals surface area contributed by atoms with E-state index in [9.17, 15) is 4.79 Å². The Morgan fingerprint density at radius 1 is 1.29 bits per heavy atom. The van der Waals surface area contributed by atoms with Gasteiger partial charge in [-0.15, -0.1) is 0 Å². The number of hydrogen-bond donors (Lipinski definition) is 4. The molecule has 35 heavy (non-hydrogen) atoms. The first kappa shape index (κ1) is 28.1. The number of nitrogens with zero attached hydrogens (tertiary/aromatic N) is 3. The van der Waals surface area contributed by atoms with Crippen molar-refractivity contribution in [1.82, 2.24) is 25.1 Å². The zero-order valence-corrected chi connectivity index (χ0v) is 22.2. The highest BCUT2D eigenvalue weighted by Crippen LogP contribution is 2.25. The summed E-state index contributed by atoms with van der Waals surface area (Å²) in [6.45, 7) is 13.8. The first-order valence-corrected chi connectivity index (χ1v) is 12.6. The lowest BCUT2D eigenvalue weighted by Crippen LogP contribution is -2.33. The van der Waals surface area contributed by atoms with Crippen LogP contribution in [0.25, 0.3) is 11.3 Å². The van der Waals surface area contributed by atoms with Crippen LogP contribution >= 0.6 is 0 Å². The predicted octanol–water partition coefficient (Wildman–Crippen LogP) is 3.37. The van der Waals surface area contributed by atoms with E-state index in [1.165, 1.54) is 5.69 Å². The lowest BCUT2D eigenvalue weighted by atomic mass is 10.1. The molecule has 2 aromatic rings. The van der Waals surface area contributed by atoms with Gasteiger partial charge in [0.15, 0.2) is 0 Å². The van der Waals surface area contributed by atoms with Crippen molar-refractivity contribution in [3.63, 3.8) is 0 Å². The fraction of sp³-hybridized carbons (Fsp3) is 0.481. The van der Waals surface area contributed by atoms with E-state index in [4.69, 9.17) is 16.5 Å². The number of hydrogen-bond acceptors (Lipinski definition) is 6. The molecule has 1 aromatic heterocycles. The molecule has 0 spiro atoms. The van der Waals surface area contributed by atoms with Gasteiger partial charge >= 0.3 is 0 Å². The van der Waals surface area contributed by atoms with Crippen LogP contribution in [0.15, 0.2) is 47.4 Å². The van der Waals surface area contributed by atoms with Gasteiger partial charge in [-0.05, 0) is 38.8 Å². The van der Waals surface area contributed by atoms with Crippen LogP contribution in [-0.4, -0.2) is 40.5 Å². The van der Waals surface area contributed by atoms with E-state index < -0.39 is 0 Å². The molecule has 0 unspecified atom stereocenters. The number of imidazole rings is 1. The van der Waals surface area contributed by atoms with Crippen molar-refractivity contribution in [1.29, 1.82) is 0 Å². The van der Waals surface area contributed by atoms with Gasteiger partial charge in [-0.2, -0.15) is 0 Å². The number of carbonyl (C=O) groups excluding carboxylic acids is 1. The van der Waals surface area contributed by atoms with Crippen molar-refractivity contribution in [3.05, 3.63) is 64.5 Å². The third-order valence-electron chi connectivity index (χ3n) is 5.98. The molecule has 8 heteroatoms. The van der Waals surface area contributed by atoms with Gasteiger partial charge in [-0.1, -0.05) is 50.6 Å². The van der Waals surface area contributed by atoms with Crippen molar-refractivity contribution < 1.29 is 4.79 Å². The summed E-state index contributed by atoms with van der Waals surface area (Å²) in [5.74, 6) is 0.889. The highest BCUT2D eigenvalue weighted by Gasteiger charge is 2.19. The summed E-state index contributed by atoms with van der Waals surface area (Å²) in [5.41, 5.74) is 18.3. The summed E-state index contributed by atoms with van der Waals surface area (Å²) in [6.07, 6.45) is 3.28. The fourth-order valence-electron chi connectivity index (χ4n) is 4.12. The van der Waals surface area contributed by atoms with Crippen molar-refractivity contribution in [2.75, 3.05) is 20.1 Å². The molecule has 1 amide bonds. The number of benzene rings is 1. The zero-order valence-electron chi connectivity index (χ0n) is 22.2. The average molecular weight is 482 g/mol. The third-order valence-corrected chi connectivity index (χ3v) is 5.98. The van der Waals surface area contributed by atoms with Gasteiger partial charge in [0.2, 0.25) is 0 Å².